The molecule has 0 amide bonds. The Morgan fingerprint density at radius 2 is 1.95 bits per heavy atom. The van der Waals surface area contributed by atoms with Crippen LogP contribution < -0.4 is 0 Å². The monoisotopic (exact) mass is 334 g/mol. The van der Waals surface area contributed by atoms with E-state index >= 15 is 0 Å². The zero-order valence-corrected chi connectivity index (χ0v) is 14.4. The number of fused-ring (bicyclic) bond motifs is 1. The van der Waals surface area contributed by atoms with E-state index in [0.29, 0.717) is 5.92 Å². The Labute approximate surface area is 140 Å². The molecular weight excluding hydrogens is 312 g/mol. The molecule has 2 aliphatic heterocycles. The number of likely N-dealkylation sites (tertiary alicyclic amines) is 1. The first-order chi connectivity index (χ1) is 10.9. The fourth-order valence-electron chi connectivity index (χ4n) is 3.42. The van der Waals surface area contributed by atoms with Gasteiger partial charge in [0.1, 0.15) is 5.52 Å². The lowest BCUT2D eigenvalue weighted by atomic mass is 9.97. The quantitative estimate of drug-likeness (QED) is 0.832. The number of piperidine rings is 1. The van der Waals surface area contributed by atoms with Gasteiger partial charge in [-0.15, -0.1) is 0 Å². The highest BCUT2D eigenvalue weighted by Crippen LogP contribution is 2.31. The van der Waals surface area contributed by atoms with Crippen LogP contribution in [0.2, 0.25) is 0 Å². The summed E-state index contributed by atoms with van der Waals surface area (Å²) < 4.78 is 6.02. The molecule has 0 spiro atoms. The highest BCUT2D eigenvalue weighted by atomic mass is 32.2. The van der Waals surface area contributed by atoms with E-state index < -0.39 is 0 Å². The van der Waals surface area contributed by atoms with Gasteiger partial charge in [-0.25, -0.2) is 4.98 Å². The fourth-order valence-corrected chi connectivity index (χ4v) is 6.05. The number of benzene rings is 1. The standard InChI is InChI=1S/C17H22N2OS2/c1-2-6-16-15(5-1)18-17(20-16)13-4-3-7-19(10-13)14-11-21-8-9-22-12-14/h1-2,5-6,13-14H,3-4,7-12H2/t13-/m1/s1. The maximum absolute atomic E-state index is 6.02. The minimum absolute atomic E-state index is 0.458. The highest BCUT2D eigenvalue weighted by Gasteiger charge is 2.30. The summed E-state index contributed by atoms with van der Waals surface area (Å²) >= 11 is 4.23. The third-order valence-electron chi connectivity index (χ3n) is 4.62. The molecule has 0 radical (unpaired) electrons. The zero-order chi connectivity index (χ0) is 14.8. The SMILES string of the molecule is c1ccc2oc([C@@H]3CCCN(C4CSCCSC4)C3)nc2c1. The first-order valence-corrected chi connectivity index (χ1v) is 10.5. The van der Waals surface area contributed by atoms with Crippen molar-refractivity contribution in [3.05, 3.63) is 30.2 Å². The topological polar surface area (TPSA) is 29.3 Å². The van der Waals surface area contributed by atoms with Crippen molar-refractivity contribution in [1.82, 2.24) is 9.88 Å². The van der Waals surface area contributed by atoms with Crippen LogP contribution in [0.4, 0.5) is 0 Å². The van der Waals surface area contributed by atoms with Crippen molar-refractivity contribution in [2.45, 2.75) is 24.8 Å². The third kappa shape index (κ3) is 3.17. The van der Waals surface area contributed by atoms with Crippen molar-refractivity contribution in [2.75, 3.05) is 36.1 Å². The van der Waals surface area contributed by atoms with E-state index in [9.17, 15) is 0 Å². The summed E-state index contributed by atoms with van der Waals surface area (Å²) in [4.78, 5) is 7.42. The number of aromatic nitrogens is 1. The number of para-hydroxylation sites is 2. The van der Waals surface area contributed by atoms with Crippen molar-refractivity contribution >= 4 is 34.6 Å². The van der Waals surface area contributed by atoms with Crippen LogP contribution in [-0.4, -0.2) is 52.0 Å². The molecule has 4 rings (SSSR count). The fraction of sp³-hybridized carbons (Fsp3) is 0.588. The Hall–Kier alpha value is -0.650. The Morgan fingerprint density at radius 1 is 1.14 bits per heavy atom. The molecule has 3 nitrogen and oxygen atoms in total. The van der Waals surface area contributed by atoms with Gasteiger partial charge in [-0.2, -0.15) is 23.5 Å². The third-order valence-corrected chi connectivity index (χ3v) is 7.11. The van der Waals surface area contributed by atoms with E-state index in [4.69, 9.17) is 9.40 Å². The number of hydrogen-bond donors (Lipinski definition) is 0. The van der Waals surface area contributed by atoms with Gasteiger partial charge in [0, 0.05) is 41.5 Å². The minimum Gasteiger partial charge on any atom is -0.440 e. The summed E-state index contributed by atoms with van der Waals surface area (Å²) in [5, 5.41) is 0. The molecule has 0 bridgehead atoms. The molecule has 2 saturated heterocycles. The van der Waals surface area contributed by atoms with Crippen LogP contribution in [0, 0.1) is 0 Å². The maximum Gasteiger partial charge on any atom is 0.199 e. The summed E-state index contributed by atoms with van der Waals surface area (Å²) in [7, 11) is 0. The number of thioether (sulfide) groups is 2. The maximum atomic E-state index is 6.02. The minimum atomic E-state index is 0.458. The van der Waals surface area contributed by atoms with Gasteiger partial charge in [-0.3, -0.25) is 4.90 Å². The Morgan fingerprint density at radius 3 is 2.77 bits per heavy atom. The Bertz CT molecular complexity index is 589. The average Bonchev–Trinajstić information content (AvgIpc) is 2.81. The van der Waals surface area contributed by atoms with Crippen molar-refractivity contribution in [2.24, 2.45) is 0 Å². The van der Waals surface area contributed by atoms with Crippen LogP contribution in [0.25, 0.3) is 11.1 Å². The molecule has 0 aliphatic carbocycles. The van der Waals surface area contributed by atoms with E-state index in [-0.39, 0.29) is 0 Å². The molecule has 2 aliphatic rings. The van der Waals surface area contributed by atoms with Gasteiger partial charge >= 0.3 is 0 Å². The Balaban J connectivity index is 1.50. The van der Waals surface area contributed by atoms with Crippen LogP contribution in [0.3, 0.4) is 0 Å². The van der Waals surface area contributed by atoms with Crippen LogP contribution in [0.5, 0.6) is 0 Å². The van der Waals surface area contributed by atoms with Gasteiger partial charge in [-0.05, 0) is 31.5 Å². The summed E-state index contributed by atoms with van der Waals surface area (Å²) in [6, 6.07) is 8.84. The molecule has 1 aromatic heterocycles. The molecule has 118 valence electrons. The first-order valence-electron chi connectivity index (χ1n) is 8.15. The smallest absolute Gasteiger partial charge is 0.199 e. The van der Waals surface area contributed by atoms with Crippen LogP contribution in [0.1, 0.15) is 24.7 Å². The molecule has 2 fully saturated rings. The zero-order valence-electron chi connectivity index (χ0n) is 12.7. The van der Waals surface area contributed by atoms with Crippen molar-refractivity contribution in [1.29, 1.82) is 0 Å². The van der Waals surface area contributed by atoms with Crippen LogP contribution in [0.15, 0.2) is 28.7 Å². The Kier molecular flexibility index (Phi) is 4.64. The van der Waals surface area contributed by atoms with Crippen LogP contribution in [-0.2, 0) is 0 Å². The predicted molar refractivity (Wildman–Crippen MR) is 96.0 cm³/mol. The molecule has 1 aromatic carbocycles. The van der Waals surface area contributed by atoms with Gasteiger partial charge < -0.3 is 4.42 Å². The van der Waals surface area contributed by atoms with Gasteiger partial charge in [0.2, 0.25) is 0 Å². The average molecular weight is 335 g/mol. The molecule has 1 atom stereocenters. The highest BCUT2D eigenvalue weighted by molar-refractivity contribution is 8.03. The van der Waals surface area contributed by atoms with Crippen LogP contribution >= 0.6 is 23.5 Å². The molecule has 0 N–H and O–H groups in total. The molecule has 0 unspecified atom stereocenters. The lowest BCUT2D eigenvalue weighted by Gasteiger charge is -2.36. The predicted octanol–water partition coefficient (Wildman–Crippen LogP) is 3.86. The van der Waals surface area contributed by atoms with E-state index in [1.807, 2.05) is 24.3 Å². The largest absolute Gasteiger partial charge is 0.440 e. The molecule has 5 heteroatoms. The van der Waals surface area contributed by atoms with Crippen molar-refractivity contribution in [3.8, 4) is 0 Å². The van der Waals surface area contributed by atoms with Gasteiger partial charge in [0.15, 0.2) is 11.5 Å². The van der Waals surface area contributed by atoms with Crippen molar-refractivity contribution < 1.29 is 4.42 Å². The summed E-state index contributed by atoms with van der Waals surface area (Å²) in [5.74, 6) is 6.59. The number of nitrogens with zero attached hydrogens (tertiary/aromatic N) is 2. The second-order valence-corrected chi connectivity index (χ2v) is 8.46. The van der Waals surface area contributed by atoms with E-state index in [1.54, 1.807) is 0 Å². The molecule has 0 saturated carbocycles. The number of hydrogen-bond acceptors (Lipinski definition) is 5. The lowest BCUT2D eigenvalue weighted by molar-refractivity contribution is 0.162. The van der Waals surface area contributed by atoms with Crippen molar-refractivity contribution in [3.63, 3.8) is 0 Å². The summed E-state index contributed by atoms with van der Waals surface area (Å²) in [6.07, 6.45) is 2.46. The van der Waals surface area contributed by atoms with Gasteiger partial charge in [0.25, 0.3) is 0 Å². The lowest BCUT2D eigenvalue weighted by Crippen LogP contribution is -2.44. The number of rotatable bonds is 2. The normalized spacial score (nSPS) is 25.4. The second-order valence-electron chi connectivity index (χ2n) is 6.16. The van der Waals surface area contributed by atoms with E-state index in [2.05, 4.69) is 28.4 Å². The van der Waals surface area contributed by atoms with E-state index in [0.717, 1.165) is 29.6 Å². The molecule has 2 aromatic rings. The summed E-state index contributed by atoms with van der Waals surface area (Å²) in [5.41, 5.74) is 1.92. The molecular formula is C17H22N2OS2. The second kappa shape index (κ2) is 6.85. The molecule has 3 heterocycles. The first kappa shape index (κ1) is 14.9. The molecule has 22 heavy (non-hydrogen) atoms. The van der Waals surface area contributed by atoms with Gasteiger partial charge in [-0.1, -0.05) is 12.1 Å². The number of oxazole rings is 1. The van der Waals surface area contributed by atoms with Gasteiger partial charge in [0.05, 0.1) is 0 Å². The van der Waals surface area contributed by atoms with E-state index in [1.165, 1.54) is 42.4 Å². The summed E-state index contributed by atoms with van der Waals surface area (Å²) in [6.45, 7) is 2.35.